The highest BCUT2D eigenvalue weighted by Crippen LogP contribution is 2.24. The normalized spacial score (nSPS) is 10.4. The summed E-state index contributed by atoms with van der Waals surface area (Å²) >= 11 is 2.90. The summed E-state index contributed by atoms with van der Waals surface area (Å²) in [7, 11) is 0. The van der Waals surface area contributed by atoms with Crippen LogP contribution < -0.4 is 0 Å². The second-order valence-corrected chi connectivity index (χ2v) is 6.57. The Bertz CT molecular complexity index is 544. The average Bonchev–Trinajstić information content (AvgIpc) is 2.41. The highest BCUT2D eigenvalue weighted by molar-refractivity contribution is 8.15. The molecule has 0 bridgehead atoms. The van der Waals surface area contributed by atoms with Gasteiger partial charge in [-0.3, -0.25) is 4.79 Å². The lowest BCUT2D eigenvalue weighted by molar-refractivity contribution is -0.108. The van der Waals surface area contributed by atoms with E-state index in [0.717, 1.165) is 9.79 Å². The molecule has 0 amide bonds. The lowest BCUT2D eigenvalue weighted by atomic mass is 10.2. The molecule has 0 saturated heterocycles. The van der Waals surface area contributed by atoms with E-state index in [1.165, 1.54) is 22.9 Å². The third-order valence-corrected chi connectivity index (χ3v) is 4.70. The predicted octanol–water partition coefficient (Wildman–Crippen LogP) is 4.71. The van der Waals surface area contributed by atoms with Crippen molar-refractivity contribution in [2.24, 2.45) is 0 Å². The quantitative estimate of drug-likeness (QED) is 0.758. The van der Waals surface area contributed by atoms with Crippen molar-refractivity contribution in [1.29, 1.82) is 0 Å². The van der Waals surface area contributed by atoms with Gasteiger partial charge in [0.15, 0.2) is 0 Å². The van der Waals surface area contributed by atoms with Crippen molar-refractivity contribution in [3.8, 4) is 0 Å². The fraction of sp³-hybridized carbons (Fsp3) is 0.188. The number of carbonyl (C=O) groups is 1. The number of hydrogen-bond donors (Lipinski definition) is 0. The number of aryl methyl sites for hydroxylation is 2. The molecule has 0 atom stereocenters. The van der Waals surface area contributed by atoms with Gasteiger partial charge in [-0.05, 0) is 38.1 Å². The Morgan fingerprint density at radius 2 is 1.32 bits per heavy atom. The van der Waals surface area contributed by atoms with E-state index in [0.29, 0.717) is 5.75 Å². The molecule has 2 aromatic rings. The fourth-order valence-corrected chi connectivity index (χ4v) is 3.10. The SMILES string of the molecule is Cc1ccc(SCC(=O)Sc2ccc(C)cc2)cc1. The van der Waals surface area contributed by atoms with E-state index in [1.807, 2.05) is 31.2 Å². The van der Waals surface area contributed by atoms with Crippen LogP contribution in [0.2, 0.25) is 0 Å². The molecule has 0 N–H and O–H groups in total. The van der Waals surface area contributed by atoms with Gasteiger partial charge in [0.2, 0.25) is 5.12 Å². The van der Waals surface area contributed by atoms with Gasteiger partial charge in [0, 0.05) is 9.79 Å². The molecule has 0 spiro atoms. The molecule has 2 rings (SSSR count). The fourth-order valence-electron chi connectivity index (χ4n) is 1.54. The van der Waals surface area contributed by atoms with Crippen molar-refractivity contribution in [2.45, 2.75) is 23.6 Å². The summed E-state index contributed by atoms with van der Waals surface area (Å²) < 4.78 is 0. The minimum Gasteiger partial charge on any atom is -0.286 e. The van der Waals surface area contributed by atoms with E-state index < -0.39 is 0 Å². The lowest BCUT2D eigenvalue weighted by Crippen LogP contribution is -1.94. The van der Waals surface area contributed by atoms with E-state index in [1.54, 1.807) is 11.8 Å². The van der Waals surface area contributed by atoms with Crippen LogP contribution in [-0.4, -0.2) is 10.9 Å². The first-order valence-electron chi connectivity index (χ1n) is 6.10. The topological polar surface area (TPSA) is 17.1 Å². The third kappa shape index (κ3) is 4.77. The van der Waals surface area contributed by atoms with Gasteiger partial charge in [0.05, 0.1) is 5.75 Å². The van der Waals surface area contributed by atoms with Gasteiger partial charge in [0.25, 0.3) is 0 Å². The Labute approximate surface area is 122 Å². The van der Waals surface area contributed by atoms with Crippen molar-refractivity contribution in [3.05, 3.63) is 59.7 Å². The van der Waals surface area contributed by atoms with Crippen molar-refractivity contribution in [3.63, 3.8) is 0 Å². The number of benzene rings is 2. The summed E-state index contributed by atoms with van der Waals surface area (Å²) in [6.07, 6.45) is 0. The van der Waals surface area contributed by atoms with Gasteiger partial charge in [-0.15, -0.1) is 11.8 Å². The van der Waals surface area contributed by atoms with Crippen LogP contribution in [0.3, 0.4) is 0 Å². The summed E-state index contributed by atoms with van der Waals surface area (Å²) in [5.41, 5.74) is 2.45. The largest absolute Gasteiger partial charge is 0.286 e. The highest BCUT2D eigenvalue weighted by Gasteiger charge is 2.05. The van der Waals surface area contributed by atoms with Crippen LogP contribution >= 0.6 is 23.5 Å². The van der Waals surface area contributed by atoms with Gasteiger partial charge in [-0.1, -0.05) is 47.2 Å². The first-order valence-corrected chi connectivity index (χ1v) is 7.90. The predicted molar refractivity (Wildman–Crippen MR) is 83.9 cm³/mol. The van der Waals surface area contributed by atoms with Gasteiger partial charge < -0.3 is 0 Å². The molecule has 19 heavy (non-hydrogen) atoms. The molecule has 0 aliphatic carbocycles. The van der Waals surface area contributed by atoms with E-state index >= 15 is 0 Å². The molecular formula is C16H16OS2. The molecule has 0 aromatic heterocycles. The maximum absolute atomic E-state index is 11.9. The maximum atomic E-state index is 11.9. The van der Waals surface area contributed by atoms with Crippen molar-refractivity contribution < 1.29 is 4.79 Å². The molecule has 0 fully saturated rings. The summed E-state index contributed by atoms with van der Waals surface area (Å²) in [5, 5.41) is 0.189. The first-order chi connectivity index (χ1) is 9.13. The van der Waals surface area contributed by atoms with E-state index in [2.05, 4.69) is 31.2 Å². The molecule has 2 aromatic carbocycles. The first kappa shape index (κ1) is 14.2. The molecular weight excluding hydrogens is 272 g/mol. The standard InChI is InChI=1S/C16H16OS2/c1-12-3-7-14(8-4-12)18-11-16(17)19-15-9-5-13(2)6-10-15/h3-10H,11H2,1-2H3. The molecule has 0 saturated carbocycles. The van der Waals surface area contributed by atoms with Crippen LogP contribution in [-0.2, 0) is 4.79 Å². The zero-order valence-electron chi connectivity index (χ0n) is 11.1. The van der Waals surface area contributed by atoms with Gasteiger partial charge >= 0.3 is 0 Å². The summed E-state index contributed by atoms with van der Waals surface area (Å²) in [5.74, 6) is 0.502. The second-order valence-electron chi connectivity index (χ2n) is 4.39. The average molecular weight is 288 g/mol. The van der Waals surface area contributed by atoms with Crippen LogP contribution in [0, 0.1) is 13.8 Å². The molecule has 98 valence electrons. The molecule has 0 heterocycles. The Balaban J connectivity index is 1.84. The third-order valence-electron chi connectivity index (χ3n) is 2.63. The minimum absolute atomic E-state index is 0.189. The molecule has 3 heteroatoms. The number of hydrogen-bond acceptors (Lipinski definition) is 3. The van der Waals surface area contributed by atoms with Gasteiger partial charge in [-0.2, -0.15) is 0 Å². The van der Waals surface area contributed by atoms with Crippen molar-refractivity contribution in [2.75, 3.05) is 5.75 Å². The molecule has 0 aliphatic heterocycles. The van der Waals surface area contributed by atoms with Crippen LogP contribution in [0.1, 0.15) is 11.1 Å². The van der Waals surface area contributed by atoms with Gasteiger partial charge in [0.1, 0.15) is 0 Å². The van der Waals surface area contributed by atoms with Gasteiger partial charge in [-0.25, -0.2) is 0 Å². The van der Waals surface area contributed by atoms with E-state index in [9.17, 15) is 4.79 Å². The number of thioether (sulfide) groups is 2. The molecule has 0 aliphatic rings. The zero-order valence-corrected chi connectivity index (χ0v) is 12.7. The Morgan fingerprint density at radius 1 is 0.842 bits per heavy atom. The van der Waals surface area contributed by atoms with Crippen molar-refractivity contribution >= 4 is 28.6 Å². The zero-order chi connectivity index (χ0) is 13.7. The van der Waals surface area contributed by atoms with Crippen LogP contribution in [0.4, 0.5) is 0 Å². The monoisotopic (exact) mass is 288 g/mol. The molecule has 1 nitrogen and oxygen atoms in total. The van der Waals surface area contributed by atoms with E-state index in [4.69, 9.17) is 0 Å². The van der Waals surface area contributed by atoms with Crippen LogP contribution in [0.25, 0.3) is 0 Å². The van der Waals surface area contributed by atoms with E-state index in [-0.39, 0.29) is 5.12 Å². The maximum Gasteiger partial charge on any atom is 0.203 e. The van der Waals surface area contributed by atoms with Crippen LogP contribution in [0.5, 0.6) is 0 Å². The Kier molecular flexibility index (Phi) is 5.11. The van der Waals surface area contributed by atoms with Crippen molar-refractivity contribution in [1.82, 2.24) is 0 Å². The summed E-state index contributed by atoms with van der Waals surface area (Å²) in [6, 6.07) is 16.3. The minimum atomic E-state index is 0.189. The Morgan fingerprint density at radius 3 is 1.84 bits per heavy atom. The second kappa shape index (κ2) is 6.83. The van der Waals surface area contributed by atoms with Crippen LogP contribution in [0.15, 0.2) is 58.3 Å². The smallest absolute Gasteiger partial charge is 0.203 e. The molecule has 0 radical (unpaired) electrons. The number of carbonyl (C=O) groups excluding carboxylic acids is 1. The molecule has 0 unspecified atom stereocenters. The summed E-state index contributed by atoms with van der Waals surface area (Å²) in [4.78, 5) is 14.0. The number of rotatable bonds is 4. The summed E-state index contributed by atoms with van der Waals surface area (Å²) in [6.45, 7) is 4.11. The Hall–Kier alpha value is -1.19. The highest BCUT2D eigenvalue weighted by atomic mass is 32.2. The lowest BCUT2D eigenvalue weighted by Gasteiger charge is -2.02.